The third-order valence-corrected chi connectivity index (χ3v) is 4.57. The van der Waals surface area contributed by atoms with Gasteiger partial charge in [-0.15, -0.1) is 24.0 Å². The molecule has 1 aliphatic heterocycles. The van der Waals surface area contributed by atoms with Crippen molar-refractivity contribution in [1.82, 2.24) is 20.4 Å². The lowest BCUT2D eigenvalue weighted by atomic mass is 10.00. The number of rotatable bonds is 4. The summed E-state index contributed by atoms with van der Waals surface area (Å²) in [4.78, 5) is 11.4. The van der Waals surface area contributed by atoms with E-state index in [4.69, 9.17) is 16.1 Å². The predicted octanol–water partition coefficient (Wildman–Crippen LogP) is 4.21. The molecule has 1 aromatic carbocycles. The van der Waals surface area contributed by atoms with Gasteiger partial charge in [-0.05, 0) is 37.8 Å². The number of halogens is 2. The van der Waals surface area contributed by atoms with Crippen molar-refractivity contribution in [3.63, 3.8) is 0 Å². The molecule has 0 amide bonds. The van der Waals surface area contributed by atoms with E-state index in [2.05, 4.69) is 39.2 Å². The SMILES string of the molecule is CCNC(=NCc1nc(-c2cccc(Cl)c2)no1)N1CCC(C)CC1.I. The van der Waals surface area contributed by atoms with Gasteiger partial charge in [0.1, 0.15) is 6.54 Å². The van der Waals surface area contributed by atoms with Crippen molar-refractivity contribution >= 4 is 41.5 Å². The summed E-state index contributed by atoms with van der Waals surface area (Å²) in [5, 5.41) is 8.03. The molecule has 0 spiro atoms. The van der Waals surface area contributed by atoms with Crippen molar-refractivity contribution in [1.29, 1.82) is 0 Å². The lowest BCUT2D eigenvalue weighted by molar-refractivity contribution is 0.273. The van der Waals surface area contributed by atoms with Gasteiger partial charge in [0.2, 0.25) is 11.7 Å². The van der Waals surface area contributed by atoms with Gasteiger partial charge in [0.15, 0.2) is 5.96 Å². The molecule has 1 N–H and O–H groups in total. The Morgan fingerprint density at radius 2 is 2.15 bits per heavy atom. The second kappa shape index (κ2) is 10.1. The van der Waals surface area contributed by atoms with Crippen LogP contribution in [0.2, 0.25) is 5.02 Å². The molecule has 26 heavy (non-hydrogen) atoms. The minimum Gasteiger partial charge on any atom is -0.357 e. The number of nitrogens with one attached hydrogen (secondary N) is 1. The molecule has 142 valence electrons. The molecule has 3 rings (SSSR count). The highest BCUT2D eigenvalue weighted by Gasteiger charge is 2.19. The molecule has 1 saturated heterocycles. The fourth-order valence-electron chi connectivity index (χ4n) is 2.85. The zero-order valence-corrected chi connectivity index (χ0v) is 18.2. The Hall–Kier alpha value is -1.35. The molecule has 0 saturated carbocycles. The molecule has 2 heterocycles. The molecule has 0 radical (unpaired) electrons. The quantitative estimate of drug-likeness (QED) is 0.396. The molecule has 1 fully saturated rings. The van der Waals surface area contributed by atoms with Gasteiger partial charge in [-0.3, -0.25) is 0 Å². The molecule has 0 aliphatic carbocycles. The highest BCUT2D eigenvalue weighted by atomic mass is 127. The Labute approximate surface area is 176 Å². The second-order valence-electron chi connectivity index (χ2n) is 6.36. The summed E-state index contributed by atoms with van der Waals surface area (Å²) in [5.74, 6) is 2.73. The summed E-state index contributed by atoms with van der Waals surface area (Å²) in [6.07, 6.45) is 2.40. The van der Waals surface area contributed by atoms with Gasteiger partial charge < -0.3 is 14.7 Å². The molecular formula is C18H25ClIN5O. The molecule has 0 unspecified atom stereocenters. The number of hydrogen-bond donors (Lipinski definition) is 1. The Morgan fingerprint density at radius 3 is 2.85 bits per heavy atom. The van der Waals surface area contributed by atoms with Crippen LogP contribution in [0.4, 0.5) is 0 Å². The largest absolute Gasteiger partial charge is 0.357 e. The average molecular weight is 490 g/mol. The van der Waals surface area contributed by atoms with Crippen LogP contribution in [0.15, 0.2) is 33.8 Å². The maximum atomic E-state index is 6.01. The summed E-state index contributed by atoms with van der Waals surface area (Å²) >= 11 is 6.01. The highest BCUT2D eigenvalue weighted by molar-refractivity contribution is 14.0. The van der Waals surface area contributed by atoms with Gasteiger partial charge in [0.05, 0.1) is 0 Å². The first kappa shape index (κ1) is 21.0. The number of hydrogen-bond acceptors (Lipinski definition) is 4. The van der Waals surface area contributed by atoms with Crippen molar-refractivity contribution in [2.24, 2.45) is 10.9 Å². The Bertz CT molecular complexity index is 728. The monoisotopic (exact) mass is 489 g/mol. The van der Waals surface area contributed by atoms with Gasteiger partial charge in [0, 0.05) is 30.2 Å². The van der Waals surface area contributed by atoms with Crippen LogP contribution < -0.4 is 5.32 Å². The summed E-state index contributed by atoms with van der Waals surface area (Å²) in [7, 11) is 0. The van der Waals surface area contributed by atoms with Gasteiger partial charge in [-0.25, -0.2) is 4.99 Å². The predicted molar refractivity (Wildman–Crippen MR) is 115 cm³/mol. The molecule has 1 aromatic heterocycles. The lowest BCUT2D eigenvalue weighted by Gasteiger charge is -2.32. The Kier molecular flexibility index (Phi) is 8.15. The van der Waals surface area contributed by atoms with E-state index in [-0.39, 0.29) is 24.0 Å². The molecule has 8 heteroatoms. The Morgan fingerprint density at radius 1 is 1.38 bits per heavy atom. The van der Waals surface area contributed by atoms with Crippen molar-refractivity contribution in [3.8, 4) is 11.4 Å². The van der Waals surface area contributed by atoms with Crippen molar-refractivity contribution in [2.45, 2.75) is 33.2 Å². The summed E-state index contributed by atoms with van der Waals surface area (Å²) in [5.41, 5.74) is 0.836. The zero-order valence-electron chi connectivity index (χ0n) is 15.1. The standard InChI is InChI=1S/C18H24ClN5O.HI/c1-3-20-18(24-9-7-13(2)8-10-24)21-12-16-22-17(23-25-16)14-5-4-6-15(19)11-14;/h4-6,11,13H,3,7-10,12H2,1-2H3,(H,20,21);1H. The van der Waals surface area contributed by atoms with Crippen molar-refractivity contribution < 1.29 is 4.52 Å². The molecule has 2 aromatic rings. The van der Waals surface area contributed by atoms with Crippen LogP contribution in [0.25, 0.3) is 11.4 Å². The smallest absolute Gasteiger partial charge is 0.248 e. The maximum Gasteiger partial charge on any atom is 0.248 e. The van der Waals surface area contributed by atoms with E-state index in [1.54, 1.807) is 0 Å². The molecular weight excluding hydrogens is 465 g/mol. The fraction of sp³-hybridized carbons (Fsp3) is 0.500. The number of piperidine rings is 1. The summed E-state index contributed by atoms with van der Waals surface area (Å²) < 4.78 is 5.33. The Balaban J connectivity index is 0.00000243. The number of aromatic nitrogens is 2. The minimum absolute atomic E-state index is 0. The molecule has 1 aliphatic rings. The molecule has 6 nitrogen and oxygen atoms in total. The average Bonchev–Trinajstić information content (AvgIpc) is 3.08. The third kappa shape index (κ3) is 5.57. The van der Waals surface area contributed by atoms with E-state index < -0.39 is 0 Å². The topological polar surface area (TPSA) is 66.5 Å². The normalized spacial score (nSPS) is 15.7. The van der Waals surface area contributed by atoms with Crippen LogP contribution in [0, 0.1) is 5.92 Å². The number of aliphatic imine (C=N–C) groups is 1. The van der Waals surface area contributed by atoms with Crippen LogP contribution in [-0.2, 0) is 6.54 Å². The van der Waals surface area contributed by atoms with Gasteiger partial charge >= 0.3 is 0 Å². The van der Waals surface area contributed by atoms with Gasteiger partial charge in [-0.2, -0.15) is 4.98 Å². The number of guanidine groups is 1. The van der Waals surface area contributed by atoms with Crippen LogP contribution in [0.5, 0.6) is 0 Å². The first-order valence-corrected chi connectivity index (χ1v) is 9.15. The third-order valence-electron chi connectivity index (χ3n) is 4.33. The first-order chi connectivity index (χ1) is 12.2. The van der Waals surface area contributed by atoms with Crippen molar-refractivity contribution in [3.05, 3.63) is 35.2 Å². The molecule has 0 atom stereocenters. The van der Waals surface area contributed by atoms with Gasteiger partial charge in [-0.1, -0.05) is 35.8 Å². The maximum absolute atomic E-state index is 6.01. The number of likely N-dealkylation sites (tertiary alicyclic amines) is 1. The van der Waals surface area contributed by atoms with Crippen molar-refractivity contribution in [2.75, 3.05) is 19.6 Å². The van der Waals surface area contributed by atoms with E-state index in [1.165, 1.54) is 12.8 Å². The van der Waals surface area contributed by atoms with Gasteiger partial charge in [0.25, 0.3) is 0 Å². The van der Waals surface area contributed by atoms with Crippen LogP contribution in [-0.4, -0.2) is 40.6 Å². The van der Waals surface area contributed by atoms with E-state index in [0.717, 1.165) is 37.1 Å². The summed E-state index contributed by atoms with van der Waals surface area (Å²) in [6.45, 7) is 7.64. The van der Waals surface area contributed by atoms with E-state index in [9.17, 15) is 0 Å². The first-order valence-electron chi connectivity index (χ1n) is 8.77. The van der Waals surface area contributed by atoms with E-state index in [1.807, 2.05) is 24.3 Å². The van der Waals surface area contributed by atoms with Crippen LogP contribution >= 0.6 is 35.6 Å². The number of benzene rings is 1. The zero-order chi connectivity index (χ0) is 17.6. The lowest BCUT2D eigenvalue weighted by Crippen LogP contribution is -2.45. The second-order valence-corrected chi connectivity index (χ2v) is 6.80. The van der Waals surface area contributed by atoms with Crippen LogP contribution in [0.1, 0.15) is 32.6 Å². The highest BCUT2D eigenvalue weighted by Crippen LogP contribution is 2.20. The van der Waals surface area contributed by atoms with E-state index >= 15 is 0 Å². The number of nitrogens with zero attached hydrogens (tertiary/aromatic N) is 4. The fourth-order valence-corrected chi connectivity index (χ4v) is 3.04. The molecule has 0 bridgehead atoms. The summed E-state index contributed by atoms with van der Waals surface area (Å²) in [6, 6.07) is 7.41. The van der Waals surface area contributed by atoms with E-state index in [0.29, 0.717) is 23.3 Å². The van der Waals surface area contributed by atoms with Crippen LogP contribution in [0.3, 0.4) is 0 Å². The minimum atomic E-state index is 0.